The van der Waals surface area contributed by atoms with Crippen molar-refractivity contribution in [1.29, 1.82) is 0 Å². The van der Waals surface area contributed by atoms with Gasteiger partial charge in [0, 0.05) is 19.0 Å². The van der Waals surface area contributed by atoms with E-state index in [4.69, 9.17) is 11.6 Å². The average Bonchev–Trinajstić information content (AvgIpc) is 3.33. The number of likely N-dealkylation sites (N-methyl/N-ethyl adjacent to an activating group) is 1. The standard InChI is InChI=1S/C16H14ClN3O2S2.C2H6/c1-20(14(22)11(8-21)10-5-3-2-4-6-10)16-19-12(9-23-16)13-7-18-15(17)24-13;1-2/h2-8,11-12H,9H2,1H3;1-2H3. The Balaban J connectivity index is 0.00000117. The number of halogens is 1. The minimum absolute atomic E-state index is 0.0587. The molecule has 1 amide bonds. The third-order valence-electron chi connectivity index (χ3n) is 3.64. The number of benzene rings is 1. The lowest BCUT2D eigenvalue weighted by molar-refractivity contribution is -0.130. The maximum Gasteiger partial charge on any atom is 0.243 e. The Morgan fingerprint density at radius 1 is 1.35 bits per heavy atom. The van der Waals surface area contributed by atoms with Gasteiger partial charge in [0.05, 0.1) is 10.9 Å². The molecule has 0 spiro atoms. The first-order valence-electron chi connectivity index (χ1n) is 8.19. The molecule has 0 N–H and O–H groups in total. The molecule has 2 atom stereocenters. The Morgan fingerprint density at radius 3 is 2.62 bits per heavy atom. The molecular weight excluding hydrogens is 390 g/mol. The van der Waals surface area contributed by atoms with E-state index in [0.29, 0.717) is 21.5 Å². The van der Waals surface area contributed by atoms with Gasteiger partial charge in [-0.15, -0.1) is 11.3 Å². The molecule has 1 aromatic heterocycles. The van der Waals surface area contributed by atoms with Crippen molar-refractivity contribution in [3.8, 4) is 0 Å². The van der Waals surface area contributed by atoms with Gasteiger partial charge in [-0.2, -0.15) is 0 Å². The van der Waals surface area contributed by atoms with Crippen molar-refractivity contribution in [2.24, 2.45) is 4.99 Å². The van der Waals surface area contributed by atoms with Gasteiger partial charge in [-0.25, -0.2) is 4.98 Å². The summed E-state index contributed by atoms with van der Waals surface area (Å²) in [4.78, 5) is 35.2. The molecule has 0 saturated heterocycles. The number of hydrogen-bond donors (Lipinski definition) is 0. The number of aldehydes is 1. The molecule has 0 aliphatic carbocycles. The van der Waals surface area contributed by atoms with Crippen molar-refractivity contribution in [3.63, 3.8) is 0 Å². The van der Waals surface area contributed by atoms with Crippen LogP contribution in [0.25, 0.3) is 0 Å². The molecule has 0 bridgehead atoms. The second-order valence-corrected chi connectivity index (χ2v) is 7.81. The van der Waals surface area contributed by atoms with E-state index in [1.54, 1.807) is 25.4 Å². The van der Waals surface area contributed by atoms with E-state index >= 15 is 0 Å². The Morgan fingerprint density at radius 2 is 2.04 bits per heavy atom. The van der Waals surface area contributed by atoms with E-state index in [0.717, 1.165) is 10.6 Å². The summed E-state index contributed by atoms with van der Waals surface area (Å²) in [5.74, 6) is -0.385. The van der Waals surface area contributed by atoms with Crippen LogP contribution in [-0.4, -0.2) is 40.0 Å². The lowest BCUT2D eigenvalue weighted by Gasteiger charge is -2.20. The quantitative estimate of drug-likeness (QED) is 0.554. The Bertz CT molecular complexity index is 780. The number of rotatable bonds is 4. The largest absolute Gasteiger partial charge is 0.302 e. The van der Waals surface area contributed by atoms with E-state index in [9.17, 15) is 9.59 Å². The van der Waals surface area contributed by atoms with Crippen molar-refractivity contribution in [2.75, 3.05) is 12.8 Å². The molecule has 0 fully saturated rings. The number of thiazole rings is 1. The first kappa shape index (κ1) is 20.6. The van der Waals surface area contributed by atoms with Crippen molar-refractivity contribution in [3.05, 3.63) is 51.4 Å². The summed E-state index contributed by atoms with van der Waals surface area (Å²) in [5.41, 5.74) is 0.679. The van der Waals surface area contributed by atoms with Crippen LogP contribution in [0.2, 0.25) is 4.47 Å². The summed E-state index contributed by atoms with van der Waals surface area (Å²) in [6.45, 7) is 4.00. The van der Waals surface area contributed by atoms with E-state index in [-0.39, 0.29) is 11.9 Å². The van der Waals surface area contributed by atoms with Gasteiger partial charge >= 0.3 is 0 Å². The van der Waals surface area contributed by atoms with Crippen LogP contribution in [0.15, 0.2) is 41.5 Å². The molecule has 138 valence electrons. The van der Waals surface area contributed by atoms with E-state index < -0.39 is 5.92 Å². The van der Waals surface area contributed by atoms with Crippen molar-refractivity contribution < 1.29 is 9.59 Å². The summed E-state index contributed by atoms with van der Waals surface area (Å²) in [6.07, 6.45) is 2.39. The highest BCUT2D eigenvalue weighted by Gasteiger charge is 2.30. The molecule has 5 nitrogen and oxygen atoms in total. The van der Waals surface area contributed by atoms with Crippen molar-refractivity contribution in [1.82, 2.24) is 9.88 Å². The predicted octanol–water partition coefficient (Wildman–Crippen LogP) is 4.41. The average molecular weight is 410 g/mol. The number of carbonyl (C=O) groups is 2. The van der Waals surface area contributed by atoms with Crippen LogP contribution in [0.5, 0.6) is 0 Å². The second-order valence-electron chi connectivity index (χ2n) is 5.18. The van der Waals surface area contributed by atoms with Crippen LogP contribution in [0, 0.1) is 0 Å². The fraction of sp³-hybridized carbons (Fsp3) is 0.333. The summed E-state index contributed by atoms with van der Waals surface area (Å²) in [6, 6.07) is 8.96. The summed E-state index contributed by atoms with van der Waals surface area (Å²) in [7, 11) is 1.65. The SMILES string of the molecule is CC.CN(C(=O)C(C=O)c1ccccc1)C1=NC(c2cnc(Cl)s2)CS1. The van der Waals surface area contributed by atoms with E-state index in [2.05, 4.69) is 9.98 Å². The van der Waals surface area contributed by atoms with Crippen LogP contribution in [-0.2, 0) is 9.59 Å². The van der Waals surface area contributed by atoms with Crippen LogP contribution in [0.1, 0.15) is 36.2 Å². The zero-order chi connectivity index (χ0) is 19.1. The highest BCUT2D eigenvalue weighted by Crippen LogP contribution is 2.35. The summed E-state index contributed by atoms with van der Waals surface area (Å²) < 4.78 is 0.480. The first-order chi connectivity index (χ1) is 12.6. The lowest BCUT2D eigenvalue weighted by atomic mass is 9.99. The number of carbonyl (C=O) groups excluding carboxylic acids is 2. The molecule has 2 heterocycles. The molecule has 1 aliphatic heterocycles. The predicted molar refractivity (Wildman–Crippen MR) is 109 cm³/mol. The number of nitrogens with zero attached hydrogens (tertiary/aromatic N) is 3. The number of amidine groups is 1. The summed E-state index contributed by atoms with van der Waals surface area (Å²) in [5, 5.41) is 0.609. The zero-order valence-corrected chi connectivity index (χ0v) is 17.1. The molecule has 0 radical (unpaired) electrons. The highest BCUT2D eigenvalue weighted by molar-refractivity contribution is 8.14. The molecule has 3 rings (SSSR count). The molecule has 26 heavy (non-hydrogen) atoms. The molecule has 1 aliphatic rings. The van der Waals surface area contributed by atoms with Gasteiger partial charge in [0.2, 0.25) is 5.91 Å². The smallest absolute Gasteiger partial charge is 0.243 e. The lowest BCUT2D eigenvalue weighted by Crippen LogP contribution is -2.35. The number of amides is 1. The molecule has 1 aromatic carbocycles. The number of hydrogen-bond acceptors (Lipinski definition) is 6. The molecule has 2 aromatic rings. The number of aliphatic imine (C=N–C) groups is 1. The Hall–Kier alpha value is -1.70. The van der Waals surface area contributed by atoms with Gasteiger partial charge < -0.3 is 4.79 Å². The van der Waals surface area contributed by atoms with Gasteiger partial charge in [0.15, 0.2) is 9.63 Å². The zero-order valence-electron chi connectivity index (χ0n) is 14.8. The maximum absolute atomic E-state index is 12.7. The van der Waals surface area contributed by atoms with Crippen LogP contribution in [0.3, 0.4) is 0 Å². The van der Waals surface area contributed by atoms with Crippen molar-refractivity contribution >= 4 is 52.1 Å². The Labute approximate surface area is 166 Å². The highest BCUT2D eigenvalue weighted by atomic mass is 35.5. The minimum Gasteiger partial charge on any atom is -0.302 e. The fourth-order valence-corrected chi connectivity index (χ4v) is 4.50. The van der Waals surface area contributed by atoms with E-state index in [1.807, 2.05) is 32.0 Å². The molecular formula is C18H20ClN3O2S2. The maximum atomic E-state index is 12.7. The van der Waals surface area contributed by atoms with Crippen LogP contribution in [0.4, 0.5) is 0 Å². The summed E-state index contributed by atoms with van der Waals surface area (Å²) >= 11 is 8.74. The number of aromatic nitrogens is 1. The minimum atomic E-state index is -0.823. The topological polar surface area (TPSA) is 62.6 Å². The normalized spacial score (nSPS) is 16.9. The van der Waals surface area contributed by atoms with Gasteiger partial charge in [-0.3, -0.25) is 14.7 Å². The monoisotopic (exact) mass is 409 g/mol. The van der Waals surface area contributed by atoms with Gasteiger partial charge in [0.1, 0.15) is 12.2 Å². The van der Waals surface area contributed by atoms with Gasteiger partial charge in [-0.1, -0.05) is 67.5 Å². The molecule has 2 unspecified atom stereocenters. The fourth-order valence-electron chi connectivity index (χ4n) is 2.35. The second kappa shape index (κ2) is 9.85. The van der Waals surface area contributed by atoms with Gasteiger partial charge in [0.25, 0.3) is 0 Å². The molecule has 0 saturated carbocycles. The van der Waals surface area contributed by atoms with Crippen LogP contribution < -0.4 is 0 Å². The van der Waals surface area contributed by atoms with Gasteiger partial charge in [-0.05, 0) is 5.56 Å². The number of thioether (sulfide) groups is 1. The third kappa shape index (κ3) is 4.72. The van der Waals surface area contributed by atoms with E-state index in [1.165, 1.54) is 28.0 Å². The first-order valence-corrected chi connectivity index (χ1v) is 10.4. The molecule has 8 heteroatoms. The van der Waals surface area contributed by atoms with Crippen molar-refractivity contribution in [2.45, 2.75) is 25.8 Å². The third-order valence-corrected chi connectivity index (χ3v) is 5.97. The Kier molecular flexibility index (Phi) is 7.81. The van der Waals surface area contributed by atoms with Crippen LogP contribution >= 0.6 is 34.7 Å².